The van der Waals surface area contributed by atoms with Gasteiger partial charge in [0, 0.05) is 19.0 Å². The lowest BCUT2D eigenvalue weighted by atomic mass is 10.1. The molecule has 114 valence electrons. The van der Waals surface area contributed by atoms with Crippen molar-refractivity contribution in [2.75, 3.05) is 13.1 Å². The fraction of sp³-hybridized carbons (Fsp3) is 0.375. The maximum Gasteiger partial charge on any atom is 0.243 e. The normalized spacial score (nSPS) is 21.3. The van der Waals surface area contributed by atoms with E-state index in [-0.39, 0.29) is 5.92 Å². The van der Waals surface area contributed by atoms with Crippen LogP contribution in [-0.2, 0) is 10.0 Å². The zero-order valence-electron chi connectivity index (χ0n) is 12.9. The zero-order valence-corrected chi connectivity index (χ0v) is 14.7. The maximum atomic E-state index is 12.6. The Morgan fingerprint density at radius 1 is 1.24 bits per heavy atom. The van der Waals surface area contributed by atoms with Gasteiger partial charge in [-0.25, -0.2) is 8.42 Å². The summed E-state index contributed by atoms with van der Waals surface area (Å²) < 4.78 is 26.7. The average molecular weight is 322 g/mol. The highest BCUT2D eigenvalue weighted by Crippen LogP contribution is 2.28. The molecule has 1 atom stereocenters. The Morgan fingerprint density at radius 2 is 1.86 bits per heavy atom. The van der Waals surface area contributed by atoms with Crippen molar-refractivity contribution in [1.82, 2.24) is 4.31 Å². The number of benzene rings is 1. The van der Waals surface area contributed by atoms with Gasteiger partial charge in [-0.3, -0.25) is 0 Å². The molecule has 1 fully saturated rings. The molecule has 3 nitrogen and oxygen atoms in total. The standard InChI is InChI=1S/C16H23NO2SSi/c1-14-12-17(13-15(14)10-11-21(2,3)4)20(18,19)16-8-6-5-7-9-16/h5-11,15H,1,12-13H2,2-4H3/b11-10+/t15-/m0/s1. The molecule has 5 heteroatoms. The molecule has 0 aliphatic carbocycles. The monoisotopic (exact) mass is 321 g/mol. The molecule has 1 aliphatic rings. The molecular weight excluding hydrogens is 298 g/mol. The van der Waals surface area contributed by atoms with Gasteiger partial charge < -0.3 is 0 Å². The van der Waals surface area contributed by atoms with E-state index in [1.54, 1.807) is 24.3 Å². The summed E-state index contributed by atoms with van der Waals surface area (Å²) in [7, 11) is -4.68. The number of nitrogens with zero attached hydrogens (tertiary/aromatic N) is 1. The van der Waals surface area contributed by atoms with Gasteiger partial charge in [0.25, 0.3) is 0 Å². The second-order valence-electron chi connectivity index (χ2n) is 6.60. The summed E-state index contributed by atoms with van der Waals surface area (Å²) in [6, 6.07) is 8.61. The van der Waals surface area contributed by atoms with Crippen molar-refractivity contribution in [1.29, 1.82) is 0 Å². The summed E-state index contributed by atoms with van der Waals surface area (Å²) in [5, 5.41) is 0. The van der Waals surface area contributed by atoms with E-state index in [9.17, 15) is 8.42 Å². The molecule has 0 radical (unpaired) electrons. The highest BCUT2D eigenvalue weighted by Gasteiger charge is 2.33. The molecule has 0 bridgehead atoms. The van der Waals surface area contributed by atoms with Crippen molar-refractivity contribution >= 4 is 18.1 Å². The molecule has 0 unspecified atom stereocenters. The number of hydrogen-bond acceptors (Lipinski definition) is 2. The molecule has 0 amide bonds. The van der Waals surface area contributed by atoms with Gasteiger partial charge in [-0.15, -0.1) is 0 Å². The third kappa shape index (κ3) is 3.93. The molecule has 1 saturated heterocycles. The Bertz CT molecular complexity index is 645. The van der Waals surface area contributed by atoms with Crippen LogP contribution in [0, 0.1) is 5.92 Å². The smallest absolute Gasteiger partial charge is 0.207 e. The predicted molar refractivity (Wildman–Crippen MR) is 90.3 cm³/mol. The third-order valence-electron chi connectivity index (χ3n) is 3.51. The minimum absolute atomic E-state index is 0.134. The Morgan fingerprint density at radius 3 is 2.43 bits per heavy atom. The Hall–Kier alpha value is -1.17. The van der Waals surface area contributed by atoms with Crippen molar-refractivity contribution < 1.29 is 8.42 Å². The van der Waals surface area contributed by atoms with Crippen LogP contribution >= 0.6 is 0 Å². The first-order valence-corrected chi connectivity index (χ1v) is 12.1. The van der Waals surface area contributed by atoms with E-state index in [1.165, 1.54) is 4.31 Å². The van der Waals surface area contributed by atoms with Crippen LogP contribution in [0.5, 0.6) is 0 Å². The van der Waals surface area contributed by atoms with Gasteiger partial charge in [-0.2, -0.15) is 4.31 Å². The van der Waals surface area contributed by atoms with Crippen LogP contribution in [0.2, 0.25) is 19.6 Å². The van der Waals surface area contributed by atoms with Crippen molar-refractivity contribution in [3.63, 3.8) is 0 Å². The van der Waals surface area contributed by atoms with E-state index in [0.717, 1.165) is 5.57 Å². The quantitative estimate of drug-likeness (QED) is 0.630. The lowest BCUT2D eigenvalue weighted by Crippen LogP contribution is -2.28. The molecule has 2 rings (SSSR count). The van der Waals surface area contributed by atoms with Crippen LogP contribution in [0.1, 0.15) is 0 Å². The molecule has 21 heavy (non-hydrogen) atoms. The maximum absolute atomic E-state index is 12.6. The summed E-state index contributed by atoms with van der Waals surface area (Å²) in [5.41, 5.74) is 3.24. The van der Waals surface area contributed by atoms with Gasteiger partial charge in [-0.1, -0.05) is 61.8 Å². The highest BCUT2D eigenvalue weighted by atomic mass is 32.2. The summed E-state index contributed by atoms with van der Waals surface area (Å²) in [6.07, 6.45) is 2.15. The van der Waals surface area contributed by atoms with Crippen LogP contribution in [0.25, 0.3) is 0 Å². The summed E-state index contributed by atoms with van der Waals surface area (Å²) in [6.45, 7) is 11.8. The zero-order chi connectivity index (χ0) is 15.7. The van der Waals surface area contributed by atoms with Crippen molar-refractivity contribution in [3.8, 4) is 0 Å². The first-order valence-electron chi connectivity index (χ1n) is 7.12. The van der Waals surface area contributed by atoms with Crippen molar-refractivity contribution in [2.24, 2.45) is 5.92 Å². The highest BCUT2D eigenvalue weighted by molar-refractivity contribution is 7.89. The van der Waals surface area contributed by atoms with Crippen LogP contribution in [0.3, 0.4) is 0 Å². The first-order chi connectivity index (χ1) is 9.70. The van der Waals surface area contributed by atoms with E-state index >= 15 is 0 Å². The van der Waals surface area contributed by atoms with E-state index in [1.807, 2.05) is 6.07 Å². The topological polar surface area (TPSA) is 37.4 Å². The van der Waals surface area contributed by atoms with Gasteiger partial charge in [-0.05, 0) is 12.1 Å². The molecule has 1 heterocycles. The number of sulfonamides is 1. The van der Waals surface area contributed by atoms with Gasteiger partial charge in [0.15, 0.2) is 0 Å². The SMILES string of the molecule is C=C1CN(S(=O)(=O)c2ccccc2)C[C@@H]1/C=C/[Si](C)(C)C. The summed E-state index contributed by atoms with van der Waals surface area (Å²) in [4.78, 5) is 0.354. The molecule has 0 N–H and O–H groups in total. The second kappa shape index (κ2) is 5.91. The Kier molecular flexibility index (Phi) is 4.56. The van der Waals surface area contributed by atoms with Crippen molar-refractivity contribution in [3.05, 3.63) is 54.3 Å². The molecule has 0 aromatic heterocycles. The molecule has 1 aliphatic heterocycles. The average Bonchev–Trinajstić information content (AvgIpc) is 2.79. The summed E-state index contributed by atoms with van der Waals surface area (Å²) >= 11 is 0. The van der Waals surface area contributed by atoms with Gasteiger partial charge in [0.1, 0.15) is 0 Å². The van der Waals surface area contributed by atoms with Gasteiger partial charge in [0.05, 0.1) is 13.0 Å². The van der Waals surface area contributed by atoms with E-state index in [4.69, 9.17) is 0 Å². The van der Waals surface area contributed by atoms with Crippen LogP contribution in [-0.4, -0.2) is 33.9 Å². The summed E-state index contributed by atoms with van der Waals surface area (Å²) in [5.74, 6) is 0.134. The van der Waals surface area contributed by atoms with Crippen LogP contribution in [0.15, 0.2) is 59.2 Å². The first kappa shape index (κ1) is 16.2. The third-order valence-corrected chi connectivity index (χ3v) is 6.53. The molecule has 0 spiro atoms. The fourth-order valence-corrected chi connectivity index (χ4v) is 4.58. The minimum atomic E-state index is -3.41. The van der Waals surface area contributed by atoms with Crippen LogP contribution in [0.4, 0.5) is 0 Å². The van der Waals surface area contributed by atoms with E-state index < -0.39 is 18.1 Å². The van der Waals surface area contributed by atoms with E-state index in [0.29, 0.717) is 18.0 Å². The Labute approximate surface area is 129 Å². The van der Waals surface area contributed by atoms with E-state index in [2.05, 4.69) is 38.0 Å². The second-order valence-corrected chi connectivity index (χ2v) is 13.6. The van der Waals surface area contributed by atoms with Crippen LogP contribution < -0.4 is 0 Å². The van der Waals surface area contributed by atoms with Gasteiger partial charge >= 0.3 is 0 Å². The van der Waals surface area contributed by atoms with Gasteiger partial charge in [0.2, 0.25) is 10.0 Å². The minimum Gasteiger partial charge on any atom is -0.207 e. The molecular formula is C16H23NO2SSi. The number of rotatable bonds is 4. The molecule has 0 saturated carbocycles. The molecule has 1 aromatic carbocycles. The lowest BCUT2D eigenvalue weighted by Gasteiger charge is -2.15. The fourth-order valence-electron chi connectivity index (χ4n) is 2.28. The lowest BCUT2D eigenvalue weighted by molar-refractivity contribution is 0.471. The molecule has 1 aromatic rings. The predicted octanol–water partition coefficient (Wildman–Crippen LogP) is 3.30. The number of hydrogen-bond donors (Lipinski definition) is 0. The Balaban J connectivity index is 2.18. The van der Waals surface area contributed by atoms with Crippen molar-refractivity contribution in [2.45, 2.75) is 24.5 Å². The largest absolute Gasteiger partial charge is 0.243 e.